The van der Waals surface area contributed by atoms with Gasteiger partial charge in [-0.3, -0.25) is 9.69 Å². The minimum Gasteiger partial charge on any atom is -0.373 e. The number of amides is 1. The lowest BCUT2D eigenvalue weighted by atomic mass is 10.1. The molecule has 1 aliphatic heterocycles. The maximum Gasteiger partial charge on any atom is 0.224 e. The molecule has 0 aliphatic carbocycles. The largest absolute Gasteiger partial charge is 0.373 e. The minimum absolute atomic E-state index is 0.0146. The standard InChI is InChI=1S/C21H29FN4O2/c1-14-12-25(13-15(2)28-14)10-9-23-21(27)11-20-16(3)24-26(17(20)4)19-7-5-18(22)6-8-19/h5-8,14-15H,9-13H2,1-4H3,(H,23,27)/t14-,15+. The molecule has 1 aliphatic rings. The maximum atomic E-state index is 13.2. The highest BCUT2D eigenvalue weighted by molar-refractivity contribution is 5.79. The maximum absolute atomic E-state index is 13.2. The van der Waals surface area contributed by atoms with E-state index in [-0.39, 0.29) is 30.4 Å². The van der Waals surface area contributed by atoms with E-state index in [9.17, 15) is 9.18 Å². The van der Waals surface area contributed by atoms with Crippen LogP contribution in [-0.2, 0) is 16.0 Å². The third-order valence-corrected chi connectivity index (χ3v) is 5.10. The van der Waals surface area contributed by atoms with Crippen molar-refractivity contribution < 1.29 is 13.9 Å². The van der Waals surface area contributed by atoms with Crippen LogP contribution >= 0.6 is 0 Å². The SMILES string of the molecule is Cc1nn(-c2ccc(F)cc2)c(C)c1CC(=O)NCCN1C[C@@H](C)O[C@@H](C)C1. The molecule has 1 amide bonds. The van der Waals surface area contributed by atoms with E-state index in [2.05, 4.69) is 29.2 Å². The minimum atomic E-state index is -0.283. The quantitative estimate of drug-likeness (QED) is 0.826. The first-order chi connectivity index (χ1) is 13.3. The Labute approximate surface area is 165 Å². The van der Waals surface area contributed by atoms with Crippen molar-refractivity contribution >= 4 is 5.91 Å². The summed E-state index contributed by atoms with van der Waals surface area (Å²) in [6.07, 6.45) is 0.735. The first-order valence-electron chi connectivity index (χ1n) is 9.79. The Balaban J connectivity index is 1.56. The first-order valence-corrected chi connectivity index (χ1v) is 9.79. The van der Waals surface area contributed by atoms with Gasteiger partial charge in [0.25, 0.3) is 0 Å². The molecule has 2 atom stereocenters. The van der Waals surface area contributed by atoms with Crippen molar-refractivity contribution in [3.05, 3.63) is 47.0 Å². The van der Waals surface area contributed by atoms with E-state index in [4.69, 9.17) is 4.74 Å². The highest BCUT2D eigenvalue weighted by Gasteiger charge is 2.22. The average molecular weight is 388 g/mol. The fourth-order valence-electron chi connectivity index (χ4n) is 3.81. The Bertz CT molecular complexity index is 809. The van der Waals surface area contributed by atoms with Crippen LogP contribution in [0.15, 0.2) is 24.3 Å². The summed E-state index contributed by atoms with van der Waals surface area (Å²) in [6, 6.07) is 6.18. The zero-order valence-corrected chi connectivity index (χ0v) is 17.0. The molecule has 2 heterocycles. The van der Waals surface area contributed by atoms with Gasteiger partial charge < -0.3 is 10.1 Å². The van der Waals surface area contributed by atoms with Crippen molar-refractivity contribution in [1.29, 1.82) is 0 Å². The molecule has 2 aromatic rings. The monoisotopic (exact) mass is 388 g/mol. The molecule has 1 N–H and O–H groups in total. The molecular weight excluding hydrogens is 359 g/mol. The molecule has 1 aromatic carbocycles. The molecule has 6 nitrogen and oxygen atoms in total. The zero-order chi connectivity index (χ0) is 20.3. The molecule has 3 rings (SSSR count). The van der Waals surface area contributed by atoms with Gasteiger partial charge in [-0.05, 0) is 52.0 Å². The molecule has 0 unspecified atom stereocenters. The molecule has 152 valence electrons. The van der Waals surface area contributed by atoms with E-state index in [1.165, 1.54) is 12.1 Å². The number of carbonyl (C=O) groups excluding carboxylic acids is 1. The second kappa shape index (κ2) is 8.84. The summed E-state index contributed by atoms with van der Waals surface area (Å²) in [5.74, 6) is -0.298. The fraction of sp³-hybridized carbons (Fsp3) is 0.524. The second-order valence-electron chi connectivity index (χ2n) is 7.58. The van der Waals surface area contributed by atoms with Crippen molar-refractivity contribution in [3.8, 4) is 5.69 Å². The number of morpholine rings is 1. The molecule has 0 bridgehead atoms. The Hall–Kier alpha value is -2.25. The molecule has 0 radical (unpaired) electrons. The van der Waals surface area contributed by atoms with Crippen LogP contribution in [0.5, 0.6) is 0 Å². The second-order valence-corrected chi connectivity index (χ2v) is 7.58. The highest BCUT2D eigenvalue weighted by Crippen LogP contribution is 2.19. The van der Waals surface area contributed by atoms with E-state index in [1.807, 2.05) is 13.8 Å². The number of ether oxygens (including phenoxy) is 1. The van der Waals surface area contributed by atoms with Crippen molar-refractivity contribution in [1.82, 2.24) is 20.0 Å². The highest BCUT2D eigenvalue weighted by atomic mass is 19.1. The number of benzene rings is 1. The molecule has 1 aromatic heterocycles. The Morgan fingerprint density at radius 1 is 1.21 bits per heavy atom. The summed E-state index contributed by atoms with van der Waals surface area (Å²) < 4.78 is 20.7. The zero-order valence-electron chi connectivity index (χ0n) is 17.0. The van der Waals surface area contributed by atoms with Gasteiger partial charge in [-0.15, -0.1) is 0 Å². The van der Waals surface area contributed by atoms with E-state index in [0.29, 0.717) is 6.54 Å². The number of nitrogens with one attached hydrogen (secondary N) is 1. The number of halogens is 1. The first kappa shape index (κ1) is 20.5. The van der Waals surface area contributed by atoms with E-state index in [0.717, 1.165) is 42.3 Å². The predicted molar refractivity (Wildman–Crippen MR) is 106 cm³/mol. The van der Waals surface area contributed by atoms with Crippen LogP contribution in [0.4, 0.5) is 4.39 Å². The summed E-state index contributed by atoms with van der Waals surface area (Å²) in [7, 11) is 0. The van der Waals surface area contributed by atoms with Crippen LogP contribution < -0.4 is 5.32 Å². The van der Waals surface area contributed by atoms with Crippen molar-refractivity contribution in [2.45, 2.75) is 46.3 Å². The van der Waals surface area contributed by atoms with Gasteiger partial charge in [-0.1, -0.05) is 0 Å². The average Bonchev–Trinajstić information content (AvgIpc) is 2.90. The number of rotatable bonds is 6. The van der Waals surface area contributed by atoms with Crippen molar-refractivity contribution in [3.63, 3.8) is 0 Å². The number of hydrogen-bond acceptors (Lipinski definition) is 4. The molecule has 0 saturated carbocycles. The van der Waals surface area contributed by atoms with Gasteiger partial charge in [0, 0.05) is 37.4 Å². The molecular formula is C21H29FN4O2. The van der Waals surface area contributed by atoms with Crippen LogP contribution in [0.1, 0.15) is 30.8 Å². The summed E-state index contributed by atoms with van der Waals surface area (Å²) in [5.41, 5.74) is 3.41. The van der Waals surface area contributed by atoms with Gasteiger partial charge in [0.2, 0.25) is 5.91 Å². The Kier molecular flexibility index (Phi) is 6.46. The molecule has 28 heavy (non-hydrogen) atoms. The number of carbonyl (C=O) groups is 1. The number of hydrogen-bond donors (Lipinski definition) is 1. The molecule has 0 spiro atoms. The van der Waals surface area contributed by atoms with Crippen LogP contribution in [0.2, 0.25) is 0 Å². The van der Waals surface area contributed by atoms with E-state index < -0.39 is 0 Å². The topological polar surface area (TPSA) is 59.4 Å². The summed E-state index contributed by atoms with van der Waals surface area (Å²) in [6.45, 7) is 11.2. The van der Waals surface area contributed by atoms with Crippen LogP contribution in [-0.4, -0.2) is 59.0 Å². The van der Waals surface area contributed by atoms with Crippen LogP contribution in [0.3, 0.4) is 0 Å². The Morgan fingerprint density at radius 2 is 1.86 bits per heavy atom. The summed E-state index contributed by atoms with van der Waals surface area (Å²) >= 11 is 0. The van der Waals surface area contributed by atoms with Gasteiger partial charge >= 0.3 is 0 Å². The molecule has 1 saturated heterocycles. The molecule has 7 heteroatoms. The van der Waals surface area contributed by atoms with Gasteiger partial charge in [0.1, 0.15) is 5.82 Å². The lowest BCUT2D eigenvalue weighted by Crippen LogP contribution is -2.48. The summed E-state index contributed by atoms with van der Waals surface area (Å²) in [4.78, 5) is 14.8. The number of aryl methyl sites for hydroxylation is 1. The van der Waals surface area contributed by atoms with Crippen molar-refractivity contribution in [2.75, 3.05) is 26.2 Å². The third-order valence-electron chi connectivity index (χ3n) is 5.10. The van der Waals surface area contributed by atoms with Gasteiger partial charge in [0.05, 0.1) is 30.0 Å². The smallest absolute Gasteiger partial charge is 0.224 e. The number of aromatic nitrogens is 2. The lowest BCUT2D eigenvalue weighted by Gasteiger charge is -2.35. The van der Waals surface area contributed by atoms with Crippen molar-refractivity contribution in [2.24, 2.45) is 0 Å². The van der Waals surface area contributed by atoms with Crippen LogP contribution in [0, 0.1) is 19.7 Å². The lowest BCUT2D eigenvalue weighted by molar-refractivity contribution is -0.120. The van der Waals surface area contributed by atoms with Gasteiger partial charge in [-0.2, -0.15) is 5.10 Å². The number of nitrogens with zero attached hydrogens (tertiary/aromatic N) is 3. The summed E-state index contributed by atoms with van der Waals surface area (Å²) in [5, 5.41) is 7.54. The Morgan fingerprint density at radius 3 is 2.50 bits per heavy atom. The van der Waals surface area contributed by atoms with Gasteiger partial charge in [0.15, 0.2) is 0 Å². The normalized spacial score (nSPS) is 20.3. The van der Waals surface area contributed by atoms with Gasteiger partial charge in [-0.25, -0.2) is 9.07 Å². The van der Waals surface area contributed by atoms with Crippen LogP contribution in [0.25, 0.3) is 5.69 Å². The van der Waals surface area contributed by atoms with E-state index >= 15 is 0 Å². The third kappa shape index (κ3) is 4.97. The fourth-order valence-corrected chi connectivity index (χ4v) is 3.81. The predicted octanol–water partition coefficient (Wildman–Crippen LogP) is 2.40. The molecule has 1 fully saturated rings. The van der Waals surface area contributed by atoms with E-state index in [1.54, 1.807) is 16.8 Å².